The number of carbonyl (C=O) groups is 2. The van der Waals surface area contributed by atoms with Crippen LogP contribution in [0.5, 0.6) is 0 Å². The Morgan fingerprint density at radius 2 is 1.93 bits per heavy atom. The van der Waals surface area contributed by atoms with Crippen LogP contribution in [-0.4, -0.2) is 51.7 Å². The van der Waals surface area contributed by atoms with Crippen LogP contribution >= 0.6 is 0 Å². The number of fused-ring (bicyclic) bond motifs is 1. The molecular weight excluding hydrogens is 376 g/mol. The zero-order chi connectivity index (χ0) is 20.9. The molecular formula is C24H28N4O2. The Morgan fingerprint density at radius 1 is 1.17 bits per heavy atom. The first-order chi connectivity index (χ1) is 14.6. The summed E-state index contributed by atoms with van der Waals surface area (Å²) in [5.41, 5.74) is 3.16. The highest BCUT2D eigenvalue weighted by Gasteiger charge is 2.31. The number of rotatable bonds is 7. The summed E-state index contributed by atoms with van der Waals surface area (Å²) in [5, 5.41) is 0. The van der Waals surface area contributed by atoms with Crippen LogP contribution in [0.1, 0.15) is 30.7 Å². The van der Waals surface area contributed by atoms with Crippen molar-refractivity contribution in [3.8, 4) is 0 Å². The van der Waals surface area contributed by atoms with Crippen molar-refractivity contribution in [3.05, 3.63) is 66.0 Å². The van der Waals surface area contributed by atoms with Crippen LogP contribution in [0.25, 0.3) is 11.0 Å². The summed E-state index contributed by atoms with van der Waals surface area (Å²) in [6.45, 7) is 1.65. The summed E-state index contributed by atoms with van der Waals surface area (Å²) in [6.07, 6.45) is 2.91. The standard InChI is InChI=1S/C24H28N4O2/c1-27(17-22-25-20-11-5-6-12-21(20)26-22)24(30)19-13-14-23(29)28(16-19)15-7-10-18-8-3-2-4-9-18/h2-6,8-9,11-12,19H,7,10,13-17H2,1H3,(H,25,26). The van der Waals surface area contributed by atoms with Crippen LogP contribution in [-0.2, 0) is 22.6 Å². The van der Waals surface area contributed by atoms with Crippen molar-refractivity contribution in [2.75, 3.05) is 20.1 Å². The SMILES string of the molecule is CN(Cc1nc2ccccc2[nH]1)C(=O)C1CCC(=O)N(CCCc2ccccc2)C1. The number of aromatic amines is 1. The number of H-pyrrole nitrogens is 1. The third-order valence-electron chi connectivity index (χ3n) is 5.79. The molecule has 1 N–H and O–H groups in total. The van der Waals surface area contributed by atoms with Gasteiger partial charge in [-0.25, -0.2) is 4.98 Å². The number of hydrogen-bond donors (Lipinski definition) is 1. The minimum absolute atomic E-state index is 0.0796. The molecule has 6 nitrogen and oxygen atoms in total. The topological polar surface area (TPSA) is 69.3 Å². The predicted octanol–water partition coefficient (Wildman–Crippen LogP) is 3.39. The molecule has 4 rings (SSSR count). The summed E-state index contributed by atoms with van der Waals surface area (Å²) >= 11 is 0. The molecule has 0 radical (unpaired) electrons. The molecule has 156 valence electrons. The third kappa shape index (κ3) is 4.70. The molecule has 0 bridgehead atoms. The molecule has 1 aliphatic rings. The summed E-state index contributed by atoms with van der Waals surface area (Å²) in [4.78, 5) is 36.8. The van der Waals surface area contributed by atoms with Crippen LogP contribution in [0.2, 0.25) is 0 Å². The Hall–Kier alpha value is -3.15. The Morgan fingerprint density at radius 3 is 2.73 bits per heavy atom. The van der Waals surface area contributed by atoms with Crippen LogP contribution in [0.4, 0.5) is 0 Å². The van der Waals surface area contributed by atoms with E-state index < -0.39 is 0 Å². The Bertz CT molecular complexity index is 981. The van der Waals surface area contributed by atoms with Gasteiger partial charge in [-0.2, -0.15) is 0 Å². The van der Waals surface area contributed by atoms with Crippen molar-refractivity contribution < 1.29 is 9.59 Å². The van der Waals surface area contributed by atoms with Gasteiger partial charge in [-0.1, -0.05) is 42.5 Å². The van der Waals surface area contributed by atoms with Gasteiger partial charge in [0, 0.05) is 26.6 Å². The first kappa shape index (κ1) is 20.1. The van der Waals surface area contributed by atoms with E-state index in [0.717, 1.165) is 29.7 Å². The number of benzene rings is 2. The number of likely N-dealkylation sites (tertiary alicyclic amines) is 1. The number of piperidine rings is 1. The second-order valence-electron chi connectivity index (χ2n) is 8.06. The third-order valence-corrected chi connectivity index (χ3v) is 5.79. The normalized spacial score (nSPS) is 16.8. The first-order valence-corrected chi connectivity index (χ1v) is 10.6. The van der Waals surface area contributed by atoms with Crippen molar-refractivity contribution in [3.63, 3.8) is 0 Å². The zero-order valence-electron chi connectivity index (χ0n) is 17.4. The number of carbonyl (C=O) groups excluding carboxylic acids is 2. The van der Waals surface area contributed by atoms with Gasteiger partial charge in [-0.3, -0.25) is 9.59 Å². The molecule has 1 fully saturated rings. The Kier molecular flexibility index (Phi) is 6.12. The first-order valence-electron chi connectivity index (χ1n) is 10.6. The largest absolute Gasteiger partial charge is 0.342 e. The summed E-state index contributed by atoms with van der Waals surface area (Å²) in [6, 6.07) is 18.1. The maximum atomic E-state index is 13.0. The molecule has 0 saturated carbocycles. The van der Waals surface area contributed by atoms with E-state index in [4.69, 9.17) is 0 Å². The highest BCUT2D eigenvalue weighted by molar-refractivity contribution is 5.84. The predicted molar refractivity (Wildman–Crippen MR) is 117 cm³/mol. The molecule has 6 heteroatoms. The monoisotopic (exact) mass is 404 g/mol. The number of aromatic nitrogens is 2. The van der Waals surface area contributed by atoms with Gasteiger partial charge in [-0.05, 0) is 37.0 Å². The lowest BCUT2D eigenvalue weighted by molar-refractivity contribution is -0.142. The van der Waals surface area contributed by atoms with Crippen molar-refractivity contribution in [2.45, 2.75) is 32.2 Å². The molecule has 1 unspecified atom stereocenters. The smallest absolute Gasteiger partial charge is 0.227 e. The van der Waals surface area contributed by atoms with Gasteiger partial charge in [0.2, 0.25) is 11.8 Å². The van der Waals surface area contributed by atoms with E-state index in [-0.39, 0.29) is 17.7 Å². The summed E-state index contributed by atoms with van der Waals surface area (Å²) in [5.74, 6) is 0.871. The molecule has 30 heavy (non-hydrogen) atoms. The van der Waals surface area contributed by atoms with Crippen LogP contribution in [0.15, 0.2) is 54.6 Å². The summed E-state index contributed by atoms with van der Waals surface area (Å²) < 4.78 is 0. The van der Waals surface area contributed by atoms with Gasteiger partial charge in [0.1, 0.15) is 5.82 Å². The van der Waals surface area contributed by atoms with Crippen LogP contribution in [0.3, 0.4) is 0 Å². The second-order valence-corrected chi connectivity index (χ2v) is 8.06. The maximum absolute atomic E-state index is 13.0. The molecule has 0 spiro atoms. The number of hydrogen-bond acceptors (Lipinski definition) is 3. The van der Waals surface area contributed by atoms with Gasteiger partial charge in [-0.15, -0.1) is 0 Å². The molecule has 1 aromatic heterocycles. The molecule has 2 aromatic carbocycles. The van der Waals surface area contributed by atoms with E-state index in [1.807, 2.05) is 54.4 Å². The van der Waals surface area contributed by atoms with Gasteiger partial charge in [0.05, 0.1) is 23.5 Å². The Balaban J connectivity index is 1.32. The molecule has 2 amide bonds. The number of amides is 2. The van der Waals surface area contributed by atoms with E-state index >= 15 is 0 Å². The molecule has 0 aliphatic carbocycles. The van der Waals surface area contributed by atoms with Gasteiger partial charge < -0.3 is 14.8 Å². The van der Waals surface area contributed by atoms with E-state index in [0.29, 0.717) is 32.5 Å². The highest BCUT2D eigenvalue weighted by Crippen LogP contribution is 2.21. The quantitative estimate of drug-likeness (QED) is 0.656. The molecule has 3 aromatic rings. The lowest BCUT2D eigenvalue weighted by Gasteiger charge is -2.33. The summed E-state index contributed by atoms with van der Waals surface area (Å²) in [7, 11) is 1.81. The fourth-order valence-electron chi connectivity index (χ4n) is 4.15. The van der Waals surface area contributed by atoms with Gasteiger partial charge in [0.25, 0.3) is 0 Å². The maximum Gasteiger partial charge on any atom is 0.227 e. The highest BCUT2D eigenvalue weighted by atomic mass is 16.2. The van der Waals surface area contributed by atoms with Crippen LogP contribution in [0, 0.1) is 5.92 Å². The van der Waals surface area contributed by atoms with E-state index in [2.05, 4.69) is 22.1 Å². The van der Waals surface area contributed by atoms with Crippen LogP contribution < -0.4 is 0 Å². The minimum atomic E-state index is -0.145. The average Bonchev–Trinajstić information content (AvgIpc) is 3.17. The molecule has 1 aliphatic heterocycles. The molecule has 1 saturated heterocycles. The Labute approximate surface area is 176 Å². The van der Waals surface area contributed by atoms with E-state index in [9.17, 15) is 9.59 Å². The fourth-order valence-corrected chi connectivity index (χ4v) is 4.15. The molecule has 2 heterocycles. The van der Waals surface area contributed by atoms with Crippen molar-refractivity contribution >= 4 is 22.8 Å². The minimum Gasteiger partial charge on any atom is -0.342 e. The fraction of sp³-hybridized carbons (Fsp3) is 0.375. The number of para-hydroxylation sites is 2. The average molecular weight is 405 g/mol. The van der Waals surface area contributed by atoms with Crippen molar-refractivity contribution in [1.82, 2.24) is 19.8 Å². The zero-order valence-corrected chi connectivity index (χ0v) is 17.4. The van der Waals surface area contributed by atoms with Crippen molar-refractivity contribution in [2.24, 2.45) is 5.92 Å². The van der Waals surface area contributed by atoms with Gasteiger partial charge >= 0.3 is 0 Å². The number of nitrogens with one attached hydrogen (secondary N) is 1. The number of nitrogens with zero attached hydrogens (tertiary/aromatic N) is 3. The number of imidazole rings is 1. The lowest BCUT2D eigenvalue weighted by Crippen LogP contribution is -2.46. The lowest BCUT2D eigenvalue weighted by atomic mass is 9.95. The van der Waals surface area contributed by atoms with E-state index in [1.165, 1.54) is 5.56 Å². The second kappa shape index (κ2) is 9.11. The number of aryl methyl sites for hydroxylation is 1. The van der Waals surface area contributed by atoms with Crippen molar-refractivity contribution in [1.29, 1.82) is 0 Å². The molecule has 1 atom stereocenters. The van der Waals surface area contributed by atoms with Gasteiger partial charge in [0.15, 0.2) is 0 Å². The van der Waals surface area contributed by atoms with E-state index in [1.54, 1.807) is 4.90 Å².